The van der Waals surface area contributed by atoms with Gasteiger partial charge in [0.05, 0.1) is 6.61 Å². The van der Waals surface area contributed by atoms with Crippen molar-refractivity contribution in [2.45, 2.75) is 34.1 Å². The molecule has 3 nitrogen and oxygen atoms in total. The van der Waals surface area contributed by atoms with E-state index in [2.05, 4.69) is 6.58 Å². The van der Waals surface area contributed by atoms with Gasteiger partial charge < -0.3 is 4.74 Å². The van der Waals surface area contributed by atoms with E-state index < -0.39 is 11.9 Å². The SMILES string of the molecule is C=C(C)C(CC)C(C(C)=O)C(=O)OCC. The third kappa shape index (κ3) is 3.86. The van der Waals surface area contributed by atoms with Gasteiger partial charge in [-0.05, 0) is 33.1 Å². The quantitative estimate of drug-likeness (QED) is 0.385. The van der Waals surface area contributed by atoms with E-state index in [0.717, 1.165) is 12.0 Å². The van der Waals surface area contributed by atoms with Crippen molar-refractivity contribution >= 4 is 11.8 Å². The van der Waals surface area contributed by atoms with Crippen molar-refractivity contribution < 1.29 is 14.3 Å². The second-order valence-corrected chi connectivity index (χ2v) is 3.70. The van der Waals surface area contributed by atoms with E-state index in [1.54, 1.807) is 6.92 Å². The molecule has 0 aliphatic carbocycles. The molecule has 3 heteroatoms. The average molecular weight is 212 g/mol. The van der Waals surface area contributed by atoms with E-state index in [0.29, 0.717) is 6.61 Å². The van der Waals surface area contributed by atoms with Crippen LogP contribution < -0.4 is 0 Å². The van der Waals surface area contributed by atoms with E-state index in [1.807, 2.05) is 13.8 Å². The molecule has 0 bridgehead atoms. The Labute approximate surface area is 91.5 Å². The summed E-state index contributed by atoms with van der Waals surface area (Å²) in [5.74, 6) is -1.38. The van der Waals surface area contributed by atoms with Crippen molar-refractivity contribution in [1.29, 1.82) is 0 Å². The molecule has 0 N–H and O–H groups in total. The molecule has 0 aromatic carbocycles. The van der Waals surface area contributed by atoms with E-state index >= 15 is 0 Å². The minimum absolute atomic E-state index is 0.110. The van der Waals surface area contributed by atoms with Crippen LogP contribution in [0, 0.1) is 11.8 Å². The first-order valence-corrected chi connectivity index (χ1v) is 5.28. The van der Waals surface area contributed by atoms with Gasteiger partial charge in [-0.25, -0.2) is 0 Å². The monoisotopic (exact) mass is 212 g/mol. The lowest BCUT2D eigenvalue weighted by molar-refractivity contribution is -0.152. The molecule has 0 amide bonds. The highest BCUT2D eigenvalue weighted by atomic mass is 16.5. The molecule has 0 spiro atoms. The fraction of sp³-hybridized carbons (Fsp3) is 0.667. The molecular weight excluding hydrogens is 192 g/mol. The molecule has 0 fully saturated rings. The van der Waals surface area contributed by atoms with Crippen LogP contribution in [0.3, 0.4) is 0 Å². The smallest absolute Gasteiger partial charge is 0.317 e. The molecule has 0 saturated heterocycles. The van der Waals surface area contributed by atoms with Crippen molar-refractivity contribution in [1.82, 2.24) is 0 Å². The van der Waals surface area contributed by atoms with Crippen molar-refractivity contribution in [3.63, 3.8) is 0 Å². The molecule has 2 atom stereocenters. The first kappa shape index (κ1) is 13.9. The van der Waals surface area contributed by atoms with E-state index in [4.69, 9.17) is 4.74 Å². The van der Waals surface area contributed by atoms with E-state index in [-0.39, 0.29) is 11.7 Å². The zero-order valence-corrected chi connectivity index (χ0v) is 10.0. The molecule has 0 rings (SSSR count). The number of allylic oxidation sites excluding steroid dienone is 1. The second kappa shape index (κ2) is 6.38. The number of ether oxygens (including phenoxy) is 1. The lowest BCUT2D eigenvalue weighted by Crippen LogP contribution is -2.32. The molecule has 15 heavy (non-hydrogen) atoms. The molecule has 0 aromatic heterocycles. The van der Waals surface area contributed by atoms with Gasteiger partial charge in [0.1, 0.15) is 11.7 Å². The van der Waals surface area contributed by atoms with Crippen LogP contribution >= 0.6 is 0 Å². The average Bonchev–Trinajstić information content (AvgIpc) is 2.12. The Bertz CT molecular complexity index is 256. The summed E-state index contributed by atoms with van der Waals surface area (Å²) in [4.78, 5) is 23.0. The molecule has 0 aliphatic rings. The highest BCUT2D eigenvalue weighted by molar-refractivity contribution is 5.98. The Kier molecular flexibility index (Phi) is 5.90. The maximum Gasteiger partial charge on any atom is 0.317 e. The minimum atomic E-state index is -0.688. The molecule has 0 heterocycles. The number of carbonyl (C=O) groups excluding carboxylic acids is 2. The largest absolute Gasteiger partial charge is 0.465 e. The lowest BCUT2D eigenvalue weighted by atomic mass is 9.83. The summed E-state index contributed by atoms with van der Waals surface area (Å²) in [7, 11) is 0. The third-order valence-electron chi connectivity index (χ3n) is 2.45. The Hall–Kier alpha value is -1.12. The van der Waals surface area contributed by atoms with Gasteiger partial charge in [-0.1, -0.05) is 19.1 Å². The summed E-state index contributed by atoms with van der Waals surface area (Å²) in [6.45, 7) is 11.0. The van der Waals surface area contributed by atoms with Crippen molar-refractivity contribution in [3.05, 3.63) is 12.2 Å². The van der Waals surface area contributed by atoms with E-state index in [9.17, 15) is 9.59 Å². The van der Waals surface area contributed by atoms with Crippen LogP contribution in [-0.2, 0) is 14.3 Å². The van der Waals surface area contributed by atoms with Crippen molar-refractivity contribution in [2.24, 2.45) is 11.8 Å². The normalized spacial score (nSPS) is 14.1. The predicted molar refractivity (Wildman–Crippen MR) is 59.4 cm³/mol. The van der Waals surface area contributed by atoms with Crippen LogP contribution in [0.4, 0.5) is 0 Å². The molecule has 0 radical (unpaired) electrons. The zero-order valence-electron chi connectivity index (χ0n) is 10.0. The molecule has 2 unspecified atom stereocenters. The van der Waals surface area contributed by atoms with E-state index in [1.165, 1.54) is 6.92 Å². The van der Waals surface area contributed by atoms with Crippen LogP contribution in [0.1, 0.15) is 34.1 Å². The van der Waals surface area contributed by atoms with Crippen LogP contribution in [0.25, 0.3) is 0 Å². The Balaban J connectivity index is 4.85. The first-order valence-electron chi connectivity index (χ1n) is 5.28. The fourth-order valence-electron chi connectivity index (χ4n) is 1.71. The zero-order chi connectivity index (χ0) is 12.0. The van der Waals surface area contributed by atoms with Crippen molar-refractivity contribution in [2.75, 3.05) is 6.61 Å². The second-order valence-electron chi connectivity index (χ2n) is 3.70. The summed E-state index contributed by atoms with van der Waals surface area (Å²) < 4.78 is 4.90. The summed E-state index contributed by atoms with van der Waals surface area (Å²) >= 11 is 0. The van der Waals surface area contributed by atoms with Crippen LogP contribution in [0.15, 0.2) is 12.2 Å². The summed E-state index contributed by atoms with van der Waals surface area (Å²) in [5.41, 5.74) is 0.853. The summed E-state index contributed by atoms with van der Waals surface area (Å²) in [5, 5.41) is 0. The maximum atomic E-state index is 11.6. The predicted octanol–water partition coefficient (Wildman–Crippen LogP) is 2.36. The molecule has 0 aromatic rings. The molecular formula is C12H20O3. The highest BCUT2D eigenvalue weighted by Gasteiger charge is 2.32. The van der Waals surface area contributed by atoms with Gasteiger partial charge >= 0.3 is 5.97 Å². The standard InChI is InChI=1S/C12H20O3/c1-6-10(8(3)4)11(9(5)13)12(14)15-7-2/h10-11H,3,6-7H2,1-2,4-5H3. The van der Waals surface area contributed by atoms with Gasteiger partial charge in [0.25, 0.3) is 0 Å². The van der Waals surface area contributed by atoms with Gasteiger partial charge in [-0.15, -0.1) is 0 Å². The lowest BCUT2D eigenvalue weighted by Gasteiger charge is -2.22. The number of Topliss-reactive ketones (excluding diaryl/α,β-unsaturated/α-hetero) is 1. The first-order chi connectivity index (χ1) is 6.95. The van der Waals surface area contributed by atoms with Gasteiger partial charge in [-0.2, -0.15) is 0 Å². The van der Waals surface area contributed by atoms with Gasteiger partial charge in [0, 0.05) is 0 Å². The van der Waals surface area contributed by atoms with Gasteiger partial charge in [-0.3, -0.25) is 9.59 Å². The number of hydrogen-bond donors (Lipinski definition) is 0. The molecule has 86 valence electrons. The topological polar surface area (TPSA) is 43.4 Å². The van der Waals surface area contributed by atoms with Crippen LogP contribution in [-0.4, -0.2) is 18.4 Å². The van der Waals surface area contributed by atoms with Crippen LogP contribution in [0.5, 0.6) is 0 Å². The van der Waals surface area contributed by atoms with Gasteiger partial charge in [0.15, 0.2) is 0 Å². The van der Waals surface area contributed by atoms with Gasteiger partial charge in [0.2, 0.25) is 0 Å². The summed E-state index contributed by atoms with van der Waals surface area (Å²) in [6, 6.07) is 0. The third-order valence-corrected chi connectivity index (χ3v) is 2.45. The highest BCUT2D eigenvalue weighted by Crippen LogP contribution is 2.25. The molecule has 0 saturated carbocycles. The molecule has 0 aliphatic heterocycles. The van der Waals surface area contributed by atoms with Crippen LogP contribution in [0.2, 0.25) is 0 Å². The summed E-state index contributed by atoms with van der Waals surface area (Å²) in [6.07, 6.45) is 0.721. The maximum absolute atomic E-state index is 11.6. The number of hydrogen-bond acceptors (Lipinski definition) is 3. The van der Waals surface area contributed by atoms with Crippen molar-refractivity contribution in [3.8, 4) is 0 Å². The number of carbonyl (C=O) groups is 2. The Morgan fingerprint density at radius 1 is 1.27 bits per heavy atom. The fourth-order valence-corrected chi connectivity index (χ4v) is 1.71. The number of ketones is 1. The minimum Gasteiger partial charge on any atom is -0.465 e. The number of rotatable bonds is 6. The Morgan fingerprint density at radius 3 is 2.07 bits per heavy atom. The Morgan fingerprint density at radius 2 is 1.80 bits per heavy atom. The number of esters is 1.